The van der Waals surface area contributed by atoms with Gasteiger partial charge in [-0.3, -0.25) is 9.59 Å². The van der Waals surface area contributed by atoms with Gasteiger partial charge in [0, 0.05) is 24.6 Å². The van der Waals surface area contributed by atoms with Crippen LogP contribution in [0.3, 0.4) is 0 Å². The average molecular weight is 396 g/mol. The van der Waals surface area contributed by atoms with Crippen molar-refractivity contribution in [1.82, 2.24) is 10.2 Å². The van der Waals surface area contributed by atoms with Gasteiger partial charge >= 0.3 is 0 Å². The molecule has 0 aliphatic heterocycles. The van der Waals surface area contributed by atoms with Gasteiger partial charge in [0.15, 0.2) is 0 Å². The number of nitrogens with zero attached hydrogens (tertiary/aromatic N) is 1. The first-order valence-electron chi connectivity index (χ1n) is 10.1. The molecule has 0 saturated heterocycles. The predicted octanol–water partition coefficient (Wildman–Crippen LogP) is 3.19. The Morgan fingerprint density at radius 3 is 2.17 bits per heavy atom. The zero-order chi connectivity index (χ0) is 21.6. The summed E-state index contributed by atoms with van der Waals surface area (Å²) in [4.78, 5) is 26.1. The number of likely N-dealkylation sites (N-methyl/N-ethyl adjacent to an activating group) is 1. The maximum absolute atomic E-state index is 12.5. The van der Waals surface area contributed by atoms with Crippen LogP contribution in [0.1, 0.15) is 51.9 Å². The largest absolute Gasteiger partial charge is 0.366 e. The quantitative estimate of drug-likeness (QED) is 0.685. The molecule has 156 valence electrons. The Morgan fingerprint density at radius 2 is 1.66 bits per heavy atom. The molecule has 0 aromatic heterocycles. The summed E-state index contributed by atoms with van der Waals surface area (Å²) in [6.45, 7) is 6.65. The first-order chi connectivity index (χ1) is 13.7. The summed E-state index contributed by atoms with van der Waals surface area (Å²) < 4.78 is 0. The number of rotatable bonds is 9. The van der Waals surface area contributed by atoms with Gasteiger partial charge in [-0.15, -0.1) is 0 Å². The van der Waals surface area contributed by atoms with Crippen LogP contribution in [0.15, 0.2) is 42.5 Å². The van der Waals surface area contributed by atoms with E-state index in [2.05, 4.69) is 29.3 Å². The van der Waals surface area contributed by atoms with Crippen molar-refractivity contribution >= 4 is 11.8 Å². The maximum atomic E-state index is 12.5. The van der Waals surface area contributed by atoms with Gasteiger partial charge in [-0.25, -0.2) is 0 Å². The van der Waals surface area contributed by atoms with Crippen molar-refractivity contribution in [3.05, 3.63) is 70.3 Å². The van der Waals surface area contributed by atoms with Crippen LogP contribution in [0.5, 0.6) is 0 Å². The minimum atomic E-state index is -0.410. The number of primary amides is 1. The number of hydrogen-bond acceptors (Lipinski definition) is 3. The van der Waals surface area contributed by atoms with E-state index < -0.39 is 5.91 Å². The van der Waals surface area contributed by atoms with Gasteiger partial charge in [0.1, 0.15) is 0 Å². The van der Waals surface area contributed by atoms with E-state index in [1.54, 1.807) is 0 Å². The summed E-state index contributed by atoms with van der Waals surface area (Å²) in [6, 6.07) is 13.9. The van der Waals surface area contributed by atoms with Crippen molar-refractivity contribution in [3.8, 4) is 0 Å². The maximum Gasteiger partial charge on any atom is 0.248 e. The van der Waals surface area contributed by atoms with E-state index in [9.17, 15) is 9.59 Å². The normalized spacial score (nSPS) is 13.2. The first-order valence-corrected chi connectivity index (χ1v) is 10.1. The van der Waals surface area contributed by atoms with Gasteiger partial charge < -0.3 is 16.0 Å². The molecule has 2 rings (SSSR count). The third kappa shape index (κ3) is 6.43. The average Bonchev–Trinajstić information content (AvgIpc) is 2.66. The summed E-state index contributed by atoms with van der Waals surface area (Å²) in [5.41, 5.74) is 10.4. The fourth-order valence-electron chi connectivity index (χ4n) is 3.61. The van der Waals surface area contributed by atoms with Crippen molar-refractivity contribution < 1.29 is 9.59 Å². The summed E-state index contributed by atoms with van der Waals surface area (Å²) in [7, 11) is 4.04. The van der Waals surface area contributed by atoms with Crippen molar-refractivity contribution in [3.63, 3.8) is 0 Å². The van der Waals surface area contributed by atoms with Crippen LogP contribution in [0, 0.1) is 13.8 Å². The number of hydrogen-bond donors (Lipinski definition) is 2. The van der Waals surface area contributed by atoms with E-state index in [-0.39, 0.29) is 17.9 Å². The molecule has 0 bridgehead atoms. The van der Waals surface area contributed by atoms with Gasteiger partial charge in [0.25, 0.3) is 0 Å². The first kappa shape index (κ1) is 22.6. The standard InChI is InChI=1S/C24H33N3O2/c1-16(19-9-7-6-8-10-19)13-23(28)26-15-21(27(4)5)14-22-17(2)11-20(24(25)29)12-18(22)3/h6-12,16,21H,13-15H2,1-5H3,(H2,25,29)(H,26,28). The highest BCUT2D eigenvalue weighted by Gasteiger charge is 2.18. The Bertz CT molecular complexity index is 823. The van der Waals surface area contributed by atoms with Gasteiger partial charge in [-0.2, -0.15) is 0 Å². The number of aryl methyl sites for hydroxylation is 2. The molecule has 2 aromatic carbocycles. The number of benzene rings is 2. The van der Waals surface area contributed by atoms with E-state index in [4.69, 9.17) is 5.73 Å². The Labute approximate surface area is 174 Å². The molecule has 2 aromatic rings. The smallest absolute Gasteiger partial charge is 0.248 e. The fraction of sp³-hybridized carbons (Fsp3) is 0.417. The highest BCUT2D eigenvalue weighted by atomic mass is 16.1. The van der Waals surface area contributed by atoms with E-state index in [1.165, 1.54) is 11.1 Å². The summed E-state index contributed by atoms with van der Waals surface area (Å²) >= 11 is 0. The number of carbonyl (C=O) groups excluding carboxylic acids is 2. The lowest BCUT2D eigenvalue weighted by Gasteiger charge is -2.26. The molecule has 0 saturated carbocycles. The van der Waals surface area contributed by atoms with E-state index in [0.29, 0.717) is 18.5 Å². The van der Waals surface area contributed by atoms with Crippen LogP contribution >= 0.6 is 0 Å². The van der Waals surface area contributed by atoms with E-state index in [1.807, 2.05) is 58.3 Å². The number of nitrogens with one attached hydrogen (secondary N) is 1. The lowest BCUT2D eigenvalue weighted by molar-refractivity contribution is -0.121. The minimum absolute atomic E-state index is 0.0609. The second-order valence-electron chi connectivity index (χ2n) is 8.09. The second-order valence-corrected chi connectivity index (χ2v) is 8.09. The monoisotopic (exact) mass is 395 g/mol. The summed E-state index contributed by atoms with van der Waals surface area (Å²) in [5.74, 6) is -0.169. The van der Waals surface area contributed by atoms with Crippen LogP contribution in [-0.4, -0.2) is 43.4 Å². The molecular formula is C24H33N3O2. The lowest BCUT2D eigenvalue weighted by atomic mass is 9.93. The summed E-state index contributed by atoms with van der Waals surface area (Å²) in [6.07, 6.45) is 1.26. The molecule has 0 fully saturated rings. The molecule has 0 spiro atoms. The highest BCUT2D eigenvalue weighted by molar-refractivity contribution is 5.93. The van der Waals surface area contributed by atoms with Crippen molar-refractivity contribution in [2.45, 2.75) is 45.6 Å². The number of amides is 2. The molecule has 0 radical (unpaired) electrons. The Morgan fingerprint density at radius 1 is 1.07 bits per heavy atom. The van der Waals surface area contributed by atoms with Crippen LogP contribution in [-0.2, 0) is 11.2 Å². The zero-order valence-corrected chi connectivity index (χ0v) is 18.2. The van der Waals surface area contributed by atoms with Gasteiger partial charge in [-0.1, -0.05) is 37.3 Å². The van der Waals surface area contributed by atoms with Crippen molar-refractivity contribution in [2.24, 2.45) is 5.73 Å². The zero-order valence-electron chi connectivity index (χ0n) is 18.2. The molecule has 5 heteroatoms. The molecule has 0 aliphatic carbocycles. The Kier molecular flexibility index (Phi) is 7.97. The fourth-order valence-corrected chi connectivity index (χ4v) is 3.61. The molecule has 2 amide bonds. The molecular weight excluding hydrogens is 362 g/mol. The molecule has 2 unspecified atom stereocenters. The van der Waals surface area contributed by atoms with Crippen LogP contribution in [0.2, 0.25) is 0 Å². The van der Waals surface area contributed by atoms with Crippen molar-refractivity contribution in [1.29, 1.82) is 0 Å². The molecule has 3 N–H and O–H groups in total. The third-order valence-electron chi connectivity index (χ3n) is 5.55. The Hall–Kier alpha value is -2.66. The van der Waals surface area contributed by atoms with Crippen LogP contribution in [0.25, 0.3) is 0 Å². The number of carbonyl (C=O) groups is 2. The minimum Gasteiger partial charge on any atom is -0.366 e. The number of nitrogens with two attached hydrogens (primary N) is 1. The molecule has 0 heterocycles. The van der Waals surface area contributed by atoms with E-state index in [0.717, 1.165) is 17.5 Å². The van der Waals surface area contributed by atoms with Gasteiger partial charge in [-0.05, 0) is 74.7 Å². The predicted molar refractivity (Wildman–Crippen MR) is 118 cm³/mol. The van der Waals surface area contributed by atoms with Crippen molar-refractivity contribution in [2.75, 3.05) is 20.6 Å². The Balaban J connectivity index is 2.00. The van der Waals surface area contributed by atoms with Gasteiger partial charge in [0.2, 0.25) is 11.8 Å². The summed E-state index contributed by atoms with van der Waals surface area (Å²) in [5, 5.41) is 3.10. The second kappa shape index (κ2) is 10.2. The third-order valence-corrected chi connectivity index (χ3v) is 5.55. The topological polar surface area (TPSA) is 75.4 Å². The van der Waals surface area contributed by atoms with Gasteiger partial charge in [0.05, 0.1) is 0 Å². The molecule has 0 aliphatic rings. The molecule has 29 heavy (non-hydrogen) atoms. The lowest BCUT2D eigenvalue weighted by Crippen LogP contribution is -2.42. The molecule has 5 nitrogen and oxygen atoms in total. The molecule has 2 atom stereocenters. The van der Waals surface area contributed by atoms with Crippen LogP contribution in [0.4, 0.5) is 0 Å². The van der Waals surface area contributed by atoms with E-state index >= 15 is 0 Å². The highest BCUT2D eigenvalue weighted by Crippen LogP contribution is 2.20. The van der Waals surface area contributed by atoms with Crippen LogP contribution < -0.4 is 11.1 Å². The SMILES string of the molecule is Cc1cc(C(N)=O)cc(C)c1CC(CNC(=O)CC(C)c1ccccc1)N(C)C.